The molecule has 3 N–H and O–H groups in total. The Hall–Kier alpha value is -1.10. The molecule has 1 saturated heterocycles. The van der Waals surface area contributed by atoms with Crippen molar-refractivity contribution in [3.8, 4) is 0 Å². The first-order chi connectivity index (χ1) is 4.61. The fraction of sp³-hybridized carbons (Fsp3) is 0.600. The largest absolute Gasteiger partial charge is 0.480 e. The molecular formula is C5H7NO4. The molecule has 0 bridgehead atoms. The monoisotopic (exact) mass is 145 g/mol. The van der Waals surface area contributed by atoms with E-state index in [0.717, 1.165) is 0 Å². The normalized spacial score (nSPS) is 31.9. The summed E-state index contributed by atoms with van der Waals surface area (Å²) >= 11 is 0. The summed E-state index contributed by atoms with van der Waals surface area (Å²) in [6, 6.07) is -1.12. The van der Waals surface area contributed by atoms with Gasteiger partial charge in [-0.15, -0.1) is 0 Å². The highest BCUT2D eigenvalue weighted by Crippen LogP contribution is 2.07. The third kappa shape index (κ3) is 1.08. The van der Waals surface area contributed by atoms with Gasteiger partial charge in [0.15, 0.2) is 6.04 Å². The van der Waals surface area contributed by atoms with Gasteiger partial charge in [0.05, 0.1) is 12.5 Å². The fourth-order valence-electron chi connectivity index (χ4n) is 0.863. The molecule has 0 aromatic heterocycles. The van der Waals surface area contributed by atoms with E-state index in [-0.39, 0.29) is 6.42 Å². The Bertz CT molecular complexity index is 178. The SMILES string of the molecule is O=C1C[C@@H](O)[C@@H](C(=O)O)N1. The van der Waals surface area contributed by atoms with Crippen LogP contribution in [-0.2, 0) is 9.59 Å². The lowest BCUT2D eigenvalue weighted by atomic mass is 10.2. The van der Waals surface area contributed by atoms with Gasteiger partial charge < -0.3 is 15.5 Å². The molecule has 1 rings (SSSR count). The van der Waals surface area contributed by atoms with Crippen molar-refractivity contribution in [1.29, 1.82) is 0 Å². The van der Waals surface area contributed by atoms with Gasteiger partial charge in [0.2, 0.25) is 5.91 Å². The van der Waals surface area contributed by atoms with Crippen LogP contribution in [0.5, 0.6) is 0 Å². The number of carboxylic acid groups (broad SMARTS) is 1. The van der Waals surface area contributed by atoms with Crippen molar-refractivity contribution < 1.29 is 19.8 Å². The average Bonchev–Trinajstić information content (AvgIpc) is 2.10. The van der Waals surface area contributed by atoms with Crippen LogP contribution in [0.15, 0.2) is 0 Å². The molecule has 1 aliphatic rings. The molecule has 5 nitrogen and oxygen atoms in total. The Morgan fingerprint density at radius 2 is 2.30 bits per heavy atom. The van der Waals surface area contributed by atoms with Crippen LogP contribution >= 0.6 is 0 Å². The van der Waals surface area contributed by atoms with Gasteiger partial charge in [0, 0.05) is 0 Å². The van der Waals surface area contributed by atoms with Gasteiger partial charge in [-0.2, -0.15) is 0 Å². The lowest BCUT2D eigenvalue weighted by Crippen LogP contribution is -2.39. The van der Waals surface area contributed by atoms with Gasteiger partial charge in [-0.25, -0.2) is 4.79 Å². The maximum Gasteiger partial charge on any atom is 0.328 e. The van der Waals surface area contributed by atoms with E-state index < -0.39 is 24.0 Å². The average molecular weight is 145 g/mol. The summed E-state index contributed by atoms with van der Waals surface area (Å²) < 4.78 is 0. The molecule has 0 aromatic carbocycles. The molecule has 1 aliphatic heterocycles. The molecule has 1 fully saturated rings. The van der Waals surface area contributed by atoms with Crippen molar-refractivity contribution >= 4 is 11.9 Å². The van der Waals surface area contributed by atoms with E-state index in [2.05, 4.69) is 5.32 Å². The molecule has 0 saturated carbocycles. The van der Waals surface area contributed by atoms with E-state index in [4.69, 9.17) is 10.2 Å². The van der Waals surface area contributed by atoms with Crippen LogP contribution in [0, 0.1) is 0 Å². The van der Waals surface area contributed by atoms with E-state index in [0.29, 0.717) is 0 Å². The summed E-state index contributed by atoms with van der Waals surface area (Å²) in [6.45, 7) is 0. The van der Waals surface area contributed by atoms with Crippen molar-refractivity contribution in [2.24, 2.45) is 0 Å². The Balaban J connectivity index is 2.63. The number of amides is 1. The van der Waals surface area contributed by atoms with Crippen LogP contribution < -0.4 is 5.32 Å². The second kappa shape index (κ2) is 2.26. The Morgan fingerprint density at radius 3 is 2.50 bits per heavy atom. The highest BCUT2D eigenvalue weighted by Gasteiger charge is 2.35. The predicted octanol–water partition coefficient (Wildman–Crippen LogP) is -1.68. The number of carboxylic acids is 1. The number of aliphatic hydroxyl groups excluding tert-OH is 1. The molecule has 0 aliphatic carbocycles. The molecule has 0 unspecified atom stereocenters. The van der Waals surface area contributed by atoms with Crippen molar-refractivity contribution in [3.63, 3.8) is 0 Å². The molecule has 1 heterocycles. The summed E-state index contributed by atoms with van der Waals surface area (Å²) in [5, 5.41) is 19.3. The summed E-state index contributed by atoms with van der Waals surface area (Å²) in [4.78, 5) is 20.6. The highest BCUT2D eigenvalue weighted by molar-refractivity contribution is 5.88. The van der Waals surface area contributed by atoms with E-state index in [1.807, 2.05) is 0 Å². The van der Waals surface area contributed by atoms with Crippen molar-refractivity contribution in [2.45, 2.75) is 18.6 Å². The van der Waals surface area contributed by atoms with Gasteiger partial charge in [0.1, 0.15) is 0 Å². The van der Waals surface area contributed by atoms with Crippen LogP contribution in [0.2, 0.25) is 0 Å². The van der Waals surface area contributed by atoms with E-state index in [1.54, 1.807) is 0 Å². The maximum absolute atomic E-state index is 10.4. The zero-order valence-electron chi connectivity index (χ0n) is 5.07. The van der Waals surface area contributed by atoms with Gasteiger partial charge in [-0.05, 0) is 0 Å². The molecule has 0 radical (unpaired) electrons. The summed E-state index contributed by atoms with van der Waals surface area (Å²) in [5.41, 5.74) is 0. The number of aliphatic carboxylic acids is 1. The summed E-state index contributed by atoms with van der Waals surface area (Å²) in [6.07, 6.45) is -1.19. The number of nitrogens with one attached hydrogen (secondary N) is 1. The third-order valence-electron chi connectivity index (χ3n) is 1.36. The minimum atomic E-state index is -1.20. The minimum Gasteiger partial charge on any atom is -0.480 e. The number of rotatable bonds is 1. The van der Waals surface area contributed by atoms with E-state index in [1.165, 1.54) is 0 Å². The summed E-state index contributed by atoms with van der Waals surface area (Å²) in [5.74, 6) is -1.61. The molecule has 0 aromatic rings. The fourth-order valence-corrected chi connectivity index (χ4v) is 0.863. The Kier molecular flexibility index (Phi) is 1.58. The van der Waals surface area contributed by atoms with Crippen LogP contribution in [0.4, 0.5) is 0 Å². The Morgan fingerprint density at radius 1 is 1.70 bits per heavy atom. The van der Waals surface area contributed by atoms with Gasteiger partial charge >= 0.3 is 5.97 Å². The van der Waals surface area contributed by atoms with Crippen LogP contribution in [0.1, 0.15) is 6.42 Å². The first-order valence-electron chi connectivity index (χ1n) is 2.81. The number of hydrogen-bond donors (Lipinski definition) is 3. The lowest BCUT2D eigenvalue weighted by molar-refractivity contribution is -0.141. The number of hydrogen-bond acceptors (Lipinski definition) is 3. The molecule has 1 amide bonds. The number of carbonyl (C=O) groups is 2. The molecule has 0 spiro atoms. The standard InChI is InChI=1S/C5H7NO4/c7-2-1-3(8)6-4(2)5(9)10/h2,4,7H,1H2,(H,6,8)(H,9,10)/t2-,4+/m1/s1. The quantitative estimate of drug-likeness (QED) is 0.411. The van der Waals surface area contributed by atoms with Crippen molar-refractivity contribution in [3.05, 3.63) is 0 Å². The van der Waals surface area contributed by atoms with E-state index >= 15 is 0 Å². The zero-order chi connectivity index (χ0) is 7.72. The second-order valence-corrected chi connectivity index (χ2v) is 2.15. The molecule has 5 heteroatoms. The predicted molar refractivity (Wildman–Crippen MR) is 30.2 cm³/mol. The molecule has 10 heavy (non-hydrogen) atoms. The number of aliphatic hydroxyl groups is 1. The van der Waals surface area contributed by atoms with E-state index in [9.17, 15) is 9.59 Å². The van der Waals surface area contributed by atoms with Gasteiger partial charge in [-0.3, -0.25) is 4.79 Å². The van der Waals surface area contributed by atoms with Crippen LogP contribution in [0.3, 0.4) is 0 Å². The van der Waals surface area contributed by atoms with Crippen LogP contribution in [-0.4, -0.2) is 34.2 Å². The number of carbonyl (C=O) groups excluding carboxylic acids is 1. The smallest absolute Gasteiger partial charge is 0.328 e. The van der Waals surface area contributed by atoms with Crippen molar-refractivity contribution in [2.75, 3.05) is 0 Å². The first-order valence-corrected chi connectivity index (χ1v) is 2.81. The minimum absolute atomic E-state index is 0.114. The van der Waals surface area contributed by atoms with Crippen molar-refractivity contribution in [1.82, 2.24) is 5.32 Å². The molecule has 56 valence electrons. The highest BCUT2D eigenvalue weighted by atomic mass is 16.4. The molecular weight excluding hydrogens is 138 g/mol. The lowest BCUT2D eigenvalue weighted by Gasteiger charge is -2.06. The second-order valence-electron chi connectivity index (χ2n) is 2.15. The van der Waals surface area contributed by atoms with Crippen LogP contribution in [0.25, 0.3) is 0 Å². The third-order valence-corrected chi connectivity index (χ3v) is 1.36. The Labute approximate surface area is 56.7 Å². The zero-order valence-corrected chi connectivity index (χ0v) is 5.07. The first kappa shape index (κ1) is 7.01. The summed E-state index contributed by atoms with van der Waals surface area (Å²) in [7, 11) is 0. The van der Waals surface area contributed by atoms with Gasteiger partial charge in [-0.1, -0.05) is 0 Å². The maximum atomic E-state index is 10.4. The van der Waals surface area contributed by atoms with Gasteiger partial charge in [0.25, 0.3) is 0 Å². The molecule has 2 atom stereocenters. The topological polar surface area (TPSA) is 86.6 Å².